The van der Waals surface area contributed by atoms with Crippen LogP contribution >= 0.6 is 0 Å². The smallest absolute Gasteiger partial charge is 0.338 e. The van der Waals surface area contributed by atoms with Gasteiger partial charge in [-0.05, 0) is 62.8 Å². The van der Waals surface area contributed by atoms with Crippen LogP contribution in [0.1, 0.15) is 93.9 Å². The lowest BCUT2D eigenvalue weighted by molar-refractivity contribution is -0.0546. The largest absolute Gasteiger partial charge is 0.459 e. The number of carbonyl (C=O) groups is 2. The van der Waals surface area contributed by atoms with Gasteiger partial charge in [0.2, 0.25) is 0 Å². The second kappa shape index (κ2) is 16.0. The Kier molecular flexibility index (Phi) is 13.0. The molecule has 5 unspecified atom stereocenters. The third-order valence-electron chi connectivity index (χ3n) is 7.03. The van der Waals surface area contributed by atoms with Gasteiger partial charge < -0.3 is 9.47 Å². The molecule has 0 saturated heterocycles. The highest BCUT2D eigenvalue weighted by Gasteiger charge is 2.38. The van der Waals surface area contributed by atoms with E-state index in [1.54, 1.807) is 24.3 Å². The zero-order valence-electron chi connectivity index (χ0n) is 22.7. The lowest BCUT2D eigenvalue weighted by atomic mass is 9.77. The monoisotopic (exact) mass is 492 g/mol. The van der Waals surface area contributed by atoms with Gasteiger partial charge >= 0.3 is 11.9 Å². The highest BCUT2D eigenvalue weighted by Crippen LogP contribution is 2.33. The molecule has 0 radical (unpaired) electrons. The fourth-order valence-electron chi connectivity index (χ4n) is 4.86. The van der Waals surface area contributed by atoms with Crippen LogP contribution in [0, 0.1) is 17.8 Å². The fourth-order valence-corrected chi connectivity index (χ4v) is 4.86. The zero-order chi connectivity index (χ0) is 26.3. The van der Waals surface area contributed by atoms with Crippen molar-refractivity contribution in [3.63, 3.8) is 0 Å². The quantitative estimate of drug-likeness (QED) is 0.143. The molecule has 0 aromatic heterocycles. The van der Waals surface area contributed by atoms with Gasteiger partial charge in [-0.3, -0.25) is 0 Å². The molecule has 0 aliphatic carbocycles. The molecule has 0 amide bonds. The number of allylic oxidation sites excluding steroid dienone is 2. The Balaban J connectivity index is 2.28. The van der Waals surface area contributed by atoms with Crippen LogP contribution in [0.3, 0.4) is 0 Å². The lowest BCUT2D eigenvalue weighted by Gasteiger charge is -2.37. The van der Waals surface area contributed by atoms with Crippen molar-refractivity contribution in [3.05, 3.63) is 83.9 Å². The Morgan fingerprint density at radius 2 is 1.28 bits per heavy atom. The van der Waals surface area contributed by atoms with Crippen LogP contribution < -0.4 is 0 Å². The molecule has 0 heterocycles. The van der Waals surface area contributed by atoms with Gasteiger partial charge in [-0.15, -0.1) is 0 Å². The van der Waals surface area contributed by atoms with Crippen LogP contribution in [0.5, 0.6) is 0 Å². The Labute approximate surface area is 218 Å². The molecule has 0 saturated carbocycles. The number of esters is 2. The molecule has 4 heteroatoms. The highest BCUT2D eigenvalue weighted by molar-refractivity contribution is 5.90. The maximum Gasteiger partial charge on any atom is 0.338 e. The second-order valence-corrected chi connectivity index (χ2v) is 9.64. The van der Waals surface area contributed by atoms with Crippen LogP contribution in [0.2, 0.25) is 0 Å². The lowest BCUT2D eigenvalue weighted by Crippen LogP contribution is -2.42. The SMILES string of the molecule is CCCCCC=CC(C)C(CC)C(OC(=O)c1ccccc1)C(CC)C(C)OC(=O)c1ccccc1. The average Bonchev–Trinajstić information content (AvgIpc) is 2.90. The molecule has 2 rings (SSSR count). The molecule has 0 spiro atoms. The summed E-state index contributed by atoms with van der Waals surface area (Å²) in [7, 11) is 0. The zero-order valence-corrected chi connectivity index (χ0v) is 22.7. The predicted molar refractivity (Wildman–Crippen MR) is 147 cm³/mol. The summed E-state index contributed by atoms with van der Waals surface area (Å²) in [6.45, 7) is 10.5. The summed E-state index contributed by atoms with van der Waals surface area (Å²) in [4.78, 5) is 26.0. The van der Waals surface area contributed by atoms with Gasteiger partial charge in [0.15, 0.2) is 0 Å². The number of hydrogen-bond donors (Lipinski definition) is 0. The Morgan fingerprint density at radius 1 is 0.750 bits per heavy atom. The van der Waals surface area contributed by atoms with Gasteiger partial charge in [0, 0.05) is 11.8 Å². The molecule has 0 fully saturated rings. The molecule has 196 valence electrons. The summed E-state index contributed by atoms with van der Waals surface area (Å²) in [5, 5.41) is 0. The van der Waals surface area contributed by atoms with Gasteiger partial charge in [-0.1, -0.05) is 89.1 Å². The fraction of sp³-hybridized carbons (Fsp3) is 0.500. The topological polar surface area (TPSA) is 52.6 Å². The van der Waals surface area contributed by atoms with Crippen molar-refractivity contribution in [1.82, 2.24) is 0 Å². The minimum Gasteiger partial charge on any atom is -0.459 e. The molecule has 4 nitrogen and oxygen atoms in total. The average molecular weight is 493 g/mol. The summed E-state index contributed by atoms with van der Waals surface area (Å²) in [6, 6.07) is 18.1. The molecule has 0 N–H and O–H groups in total. The van der Waals surface area contributed by atoms with E-state index in [0.717, 1.165) is 19.3 Å². The van der Waals surface area contributed by atoms with Crippen molar-refractivity contribution in [3.8, 4) is 0 Å². The van der Waals surface area contributed by atoms with Crippen molar-refractivity contribution < 1.29 is 19.1 Å². The van der Waals surface area contributed by atoms with Crippen LogP contribution in [-0.4, -0.2) is 24.1 Å². The van der Waals surface area contributed by atoms with E-state index in [1.165, 1.54) is 19.3 Å². The first kappa shape index (κ1) is 29.4. The first-order chi connectivity index (χ1) is 17.4. The summed E-state index contributed by atoms with van der Waals surface area (Å²) in [5.74, 6) is -0.504. The Morgan fingerprint density at radius 3 is 1.78 bits per heavy atom. The first-order valence-electron chi connectivity index (χ1n) is 13.6. The molecule has 36 heavy (non-hydrogen) atoms. The summed E-state index contributed by atoms with van der Waals surface area (Å²) >= 11 is 0. The standard InChI is InChI=1S/C32H44O4/c1-6-9-10-11-14-19-24(4)28(7-2)30(36-32(34)27-22-17-13-18-23-27)29(8-3)25(5)35-31(33)26-20-15-12-16-21-26/h12-25,28-30H,6-11H2,1-5H3. The molecule has 2 aromatic rings. The molecule has 5 atom stereocenters. The summed E-state index contributed by atoms with van der Waals surface area (Å²) in [5.41, 5.74) is 1.05. The number of hydrogen-bond acceptors (Lipinski definition) is 4. The van der Waals surface area contributed by atoms with E-state index >= 15 is 0 Å². The second-order valence-electron chi connectivity index (χ2n) is 9.64. The van der Waals surface area contributed by atoms with Gasteiger partial charge in [0.25, 0.3) is 0 Å². The van der Waals surface area contributed by atoms with E-state index in [1.807, 2.05) is 43.3 Å². The van der Waals surface area contributed by atoms with Gasteiger partial charge in [0.1, 0.15) is 12.2 Å². The van der Waals surface area contributed by atoms with Crippen molar-refractivity contribution in [2.45, 2.75) is 85.4 Å². The first-order valence-corrected chi connectivity index (χ1v) is 13.6. The molecular weight excluding hydrogens is 448 g/mol. The van der Waals surface area contributed by atoms with E-state index in [9.17, 15) is 9.59 Å². The van der Waals surface area contributed by atoms with Gasteiger partial charge in [0.05, 0.1) is 11.1 Å². The Bertz CT molecular complexity index is 922. The number of benzene rings is 2. The minimum absolute atomic E-state index is 0.0999. The normalized spacial score (nSPS) is 15.6. The van der Waals surface area contributed by atoms with E-state index in [-0.39, 0.29) is 35.8 Å². The highest BCUT2D eigenvalue weighted by atomic mass is 16.6. The van der Waals surface area contributed by atoms with E-state index in [0.29, 0.717) is 11.1 Å². The summed E-state index contributed by atoms with van der Waals surface area (Å²) < 4.78 is 12.2. The van der Waals surface area contributed by atoms with Crippen LogP contribution in [0.4, 0.5) is 0 Å². The molecular formula is C32H44O4. The predicted octanol–water partition coefficient (Wildman–Crippen LogP) is 8.28. The van der Waals surface area contributed by atoms with Crippen molar-refractivity contribution in [2.24, 2.45) is 17.8 Å². The molecule has 2 aromatic carbocycles. The van der Waals surface area contributed by atoms with Crippen molar-refractivity contribution in [2.75, 3.05) is 0 Å². The number of unbranched alkanes of at least 4 members (excludes halogenated alkanes) is 3. The minimum atomic E-state index is -0.411. The van der Waals surface area contributed by atoms with Crippen LogP contribution in [0.25, 0.3) is 0 Å². The number of ether oxygens (including phenoxy) is 2. The van der Waals surface area contributed by atoms with E-state index in [4.69, 9.17) is 9.47 Å². The summed E-state index contributed by atoms with van der Waals surface area (Å²) in [6.07, 6.45) is 9.99. The van der Waals surface area contributed by atoms with E-state index in [2.05, 4.69) is 39.8 Å². The number of rotatable bonds is 15. The number of carbonyl (C=O) groups excluding carboxylic acids is 2. The van der Waals surface area contributed by atoms with Crippen LogP contribution in [0.15, 0.2) is 72.8 Å². The maximum atomic E-state index is 13.2. The molecule has 0 bridgehead atoms. The van der Waals surface area contributed by atoms with Crippen molar-refractivity contribution >= 4 is 11.9 Å². The molecule has 0 aliphatic rings. The van der Waals surface area contributed by atoms with Gasteiger partial charge in [-0.2, -0.15) is 0 Å². The van der Waals surface area contributed by atoms with Crippen molar-refractivity contribution in [1.29, 1.82) is 0 Å². The third-order valence-corrected chi connectivity index (χ3v) is 7.03. The Hall–Kier alpha value is -2.88. The maximum absolute atomic E-state index is 13.2. The molecule has 0 aliphatic heterocycles. The van der Waals surface area contributed by atoms with Gasteiger partial charge in [-0.25, -0.2) is 9.59 Å². The van der Waals surface area contributed by atoms with E-state index < -0.39 is 6.10 Å². The third kappa shape index (κ3) is 8.96. The van der Waals surface area contributed by atoms with Crippen LogP contribution in [-0.2, 0) is 9.47 Å².